The molecule has 2 aromatic carbocycles. The number of hydrogen-bond acceptors (Lipinski definition) is 6. The maximum atomic E-state index is 13.2. The van der Waals surface area contributed by atoms with E-state index in [0.29, 0.717) is 25.3 Å². The van der Waals surface area contributed by atoms with Gasteiger partial charge in [-0.3, -0.25) is 14.6 Å². The van der Waals surface area contributed by atoms with E-state index in [2.05, 4.69) is 22.3 Å². The van der Waals surface area contributed by atoms with Crippen LogP contribution in [0, 0.1) is 0 Å². The number of imide groups is 1. The molecule has 2 aliphatic heterocycles. The number of carbonyl (C=O) groups excluding carboxylic acids is 2. The minimum Gasteiger partial charge on any atom is -0.494 e. The Morgan fingerprint density at radius 3 is 2.45 bits per heavy atom. The minimum atomic E-state index is -0.995. The van der Waals surface area contributed by atoms with Gasteiger partial charge in [0.05, 0.1) is 13.2 Å². The molecule has 4 rings (SSSR count). The van der Waals surface area contributed by atoms with Gasteiger partial charge >= 0.3 is 6.03 Å². The Morgan fingerprint density at radius 2 is 1.76 bits per heavy atom. The summed E-state index contributed by atoms with van der Waals surface area (Å²) in [6.07, 6.45) is 0.416. The molecule has 2 N–H and O–H groups in total. The highest BCUT2D eigenvalue weighted by molar-refractivity contribution is 6.07. The van der Waals surface area contributed by atoms with Crippen molar-refractivity contribution in [2.24, 2.45) is 0 Å². The minimum absolute atomic E-state index is 0.0296. The molecule has 2 fully saturated rings. The number of likely N-dealkylation sites (tertiary alicyclic amines) is 1. The van der Waals surface area contributed by atoms with Gasteiger partial charge in [-0.25, -0.2) is 4.79 Å². The Kier molecular flexibility index (Phi) is 7.15. The van der Waals surface area contributed by atoms with E-state index in [1.807, 2.05) is 25.1 Å². The summed E-state index contributed by atoms with van der Waals surface area (Å²) in [6.45, 7) is 4.41. The number of nitrogens with zero attached hydrogens (tertiary/aromatic N) is 2. The maximum absolute atomic E-state index is 13.2. The lowest BCUT2D eigenvalue weighted by Crippen LogP contribution is -2.58. The van der Waals surface area contributed by atoms with Gasteiger partial charge in [-0.15, -0.1) is 0 Å². The Hall–Kier alpha value is -3.10. The maximum Gasteiger partial charge on any atom is 0.325 e. The summed E-state index contributed by atoms with van der Waals surface area (Å²) in [4.78, 5) is 29.2. The Balaban J connectivity index is 1.32. The molecule has 8 nitrogen and oxygen atoms in total. The van der Waals surface area contributed by atoms with Gasteiger partial charge in [-0.05, 0) is 56.1 Å². The average molecular weight is 454 g/mol. The summed E-state index contributed by atoms with van der Waals surface area (Å²) in [5.74, 6) is 1.05. The lowest BCUT2D eigenvalue weighted by atomic mass is 9.88. The van der Waals surface area contributed by atoms with Crippen molar-refractivity contribution in [3.63, 3.8) is 0 Å². The van der Waals surface area contributed by atoms with Crippen LogP contribution < -0.4 is 14.8 Å². The molecular formula is C25H31N3O5. The number of piperidine rings is 1. The van der Waals surface area contributed by atoms with E-state index < -0.39 is 17.7 Å². The normalized spacial score (nSPS) is 21.8. The third kappa shape index (κ3) is 5.46. The highest BCUT2D eigenvalue weighted by atomic mass is 16.5. The number of carbonyl (C=O) groups is 2. The largest absolute Gasteiger partial charge is 0.494 e. The quantitative estimate of drug-likeness (QED) is 0.567. The van der Waals surface area contributed by atoms with Crippen molar-refractivity contribution in [1.82, 2.24) is 15.1 Å². The van der Waals surface area contributed by atoms with E-state index in [1.54, 1.807) is 24.3 Å². The summed E-state index contributed by atoms with van der Waals surface area (Å²) < 4.78 is 11.0. The molecular weight excluding hydrogens is 422 g/mol. The number of benzene rings is 2. The number of amides is 3. The number of rotatable bonds is 9. The summed E-state index contributed by atoms with van der Waals surface area (Å²) in [7, 11) is 0. The van der Waals surface area contributed by atoms with Crippen molar-refractivity contribution < 1.29 is 24.2 Å². The van der Waals surface area contributed by atoms with Crippen molar-refractivity contribution >= 4 is 11.9 Å². The molecule has 1 spiro atoms. The molecule has 2 atom stereocenters. The number of β-amino-alcohol motifs (C(OH)–C–C–N with tert-alkyl or cyclic N) is 1. The van der Waals surface area contributed by atoms with Crippen LogP contribution in [0.3, 0.4) is 0 Å². The van der Waals surface area contributed by atoms with Gasteiger partial charge in [0.25, 0.3) is 5.91 Å². The zero-order chi connectivity index (χ0) is 23.3. The first-order valence-electron chi connectivity index (χ1n) is 11.4. The van der Waals surface area contributed by atoms with Gasteiger partial charge in [0.15, 0.2) is 0 Å². The van der Waals surface area contributed by atoms with Crippen LogP contribution in [0.15, 0.2) is 54.6 Å². The molecule has 0 radical (unpaired) electrons. The van der Waals surface area contributed by atoms with Gasteiger partial charge in [-0.1, -0.05) is 30.3 Å². The van der Waals surface area contributed by atoms with E-state index in [4.69, 9.17) is 9.47 Å². The number of nitrogens with one attached hydrogen (secondary N) is 1. The number of urea groups is 1. The molecule has 2 aromatic rings. The van der Waals surface area contributed by atoms with Crippen LogP contribution in [0.5, 0.6) is 11.5 Å². The van der Waals surface area contributed by atoms with E-state index in [1.165, 1.54) is 5.56 Å². The highest BCUT2D eigenvalue weighted by Gasteiger charge is 2.53. The second-order valence-corrected chi connectivity index (χ2v) is 8.60. The van der Waals surface area contributed by atoms with Crippen LogP contribution in [0.1, 0.15) is 25.3 Å². The number of ether oxygens (including phenoxy) is 2. The number of aliphatic hydroxyl groups is 1. The third-order valence-electron chi connectivity index (χ3n) is 6.04. The lowest BCUT2D eigenvalue weighted by molar-refractivity contribution is -0.134. The van der Waals surface area contributed by atoms with Crippen LogP contribution >= 0.6 is 0 Å². The monoisotopic (exact) mass is 453 g/mol. The van der Waals surface area contributed by atoms with Gasteiger partial charge < -0.3 is 19.9 Å². The molecule has 0 saturated carbocycles. The molecule has 176 valence electrons. The van der Waals surface area contributed by atoms with Gasteiger partial charge in [0, 0.05) is 13.1 Å². The van der Waals surface area contributed by atoms with Crippen LogP contribution in [0.25, 0.3) is 0 Å². The molecule has 0 aromatic heterocycles. The van der Waals surface area contributed by atoms with Crippen molar-refractivity contribution in [3.8, 4) is 11.5 Å². The Bertz CT molecular complexity index is 952. The van der Waals surface area contributed by atoms with E-state index in [9.17, 15) is 14.7 Å². The van der Waals surface area contributed by atoms with Gasteiger partial charge in [0.1, 0.15) is 29.7 Å². The van der Waals surface area contributed by atoms with E-state index >= 15 is 0 Å². The molecule has 8 heteroatoms. The molecule has 2 unspecified atom stereocenters. The van der Waals surface area contributed by atoms with Crippen molar-refractivity contribution in [2.45, 2.75) is 38.0 Å². The predicted octanol–water partition coefficient (Wildman–Crippen LogP) is 2.41. The van der Waals surface area contributed by atoms with Crippen LogP contribution in [-0.2, 0) is 11.3 Å². The molecule has 2 saturated heterocycles. The zero-order valence-corrected chi connectivity index (χ0v) is 18.9. The first-order valence-corrected chi connectivity index (χ1v) is 11.4. The second kappa shape index (κ2) is 10.2. The number of aliphatic hydroxyl groups excluding tert-OH is 1. The molecule has 33 heavy (non-hydrogen) atoms. The summed E-state index contributed by atoms with van der Waals surface area (Å²) in [5.41, 5.74) is 0.241. The Labute approximate surface area is 194 Å². The highest BCUT2D eigenvalue weighted by Crippen LogP contribution is 2.29. The van der Waals surface area contributed by atoms with Crippen LogP contribution in [0.2, 0.25) is 0 Å². The summed E-state index contributed by atoms with van der Waals surface area (Å²) in [5, 5.41) is 13.4. The fraction of sp³-hybridized carbons (Fsp3) is 0.440. The third-order valence-corrected chi connectivity index (χ3v) is 6.04. The van der Waals surface area contributed by atoms with Crippen molar-refractivity contribution in [3.05, 3.63) is 60.2 Å². The number of hydrogen-bond donors (Lipinski definition) is 2. The summed E-state index contributed by atoms with van der Waals surface area (Å²) in [6, 6.07) is 16.7. The van der Waals surface area contributed by atoms with E-state index in [-0.39, 0.29) is 19.1 Å². The first-order chi connectivity index (χ1) is 16.0. The predicted molar refractivity (Wildman–Crippen MR) is 123 cm³/mol. The molecule has 0 aliphatic carbocycles. The fourth-order valence-corrected chi connectivity index (χ4v) is 4.49. The molecule has 3 amide bonds. The summed E-state index contributed by atoms with van der Waals surface area (Å²) >= 11 is 0. The molecule has 2 aliphatic rings. The lowest BCUT2D eigenvalue weighted by Gasteiger charge is -2.38. The van der Waals surface area contributed by atoms with Crippen LogP contribution in [0.4, 0.5) is 4.79 Å². The zero-order valence-electron chi connectivity index (χ0n) is 18.9. The topological polar surface area (TPSA) is 91.3 Å². The van der Waals surface area contributed by atoms with E-state index in [0.717, 1.165) is 30.2 Å². The van der Waals surface area contributed by atoms with Gasteiger partial charge in [0.2, 0.25) is 0 Å². The fourth-order valence-electron chi connectivity index (χ4n) is 4.49. The first kappa shape index (κ1) is 23.1. The van der Waals surface area contributed by atoms with Gasteiger partial charge in [-0.2, -0.15) is 0 Å². The van der Waals surface area contributed by atoms with Crippen LogP contribution in [-0.4, -0.2) is 71.3 Å². The standard InChI is InChI=1S/C25H31N3O5/c1-2-32-21-9-11-22(12-10-21)33-17-20(29)16-28-23(30)25(26-24(28)31)13-6-14-27(18-25)15-19-7-4-3-5-8-19/h3-5,7-12,20,29H,2,6,13-18H2,1H3,(H,26,31). The molecule has 0 bridgehead atoms. The second-order valence-electron chi connectivity index (χ2n) is 8.60. The SMILES string of the molecule is CCOc1ccc(OCC(O)CN2C(=O)NC3(CCCN(Cc4ccccc4)C3)C2=O)cc1. The Morgan fingerprint density at radius 1 is 1.06 bits per heavy atom. The van der Waals surface area contributed by atoms with Crippen molar-refractivity contribution in [2.75, 3.05) is 32.8 Å². The molecule has 2 heterocycles. The average Bonchev–Trinajstić information content (AvgIpc) is 3.03. The van der Waals surface area contributed by atoms with Crippen molar-refractivity contribution in [1.29, 1.82) is 0 Å². The smallest absolute Gasteiger partial charge is 0.325 e.